The summed E-state index contributed by atoms with van der Waals surface area (Å²) < 4.78 is 10.5. The third-order valence-corrected chi connectivity index (χ3v) is 4.05. The van der Waals surface area contributed by atoms with Gasteiger partial charge in [0.1, 0.15) is 16.4 Å². The van der Waals surface area contributed by atoms with Crippen LogP contribution in [0, 0.1) is 25.6 Å². The van der Waals surface area contributed by atoms with Gasteiger partial charge in [-0.1, -0.05) is 13.8 Å². The molecule has 122 valence electrons. The molecule has 0 saturated carbocycles. The van der Waals surface area contributed by atoms with Gasteiger partial charge in [-0.3, -0.25) is 25.0 Å². The van der Waals surface area contributed by atoms with E-state index in [9.17, 15) is 25.0 Å². The van der Waals surface area contributed by atoms with Gasteiger partial charge in [0.25, 0.3) is 0 Å². The SMILES string of the molecule is CC1(C)CC(=O)C2=C(C1)OC([N+](=O)[O-])C2c1ccc([N+](=O)[O-])o1. The number of hydrogen-bond donors (Lipinski definition) is 0. The summed E-state index contributed by atoms with van der Waals surface area (Å²) in [5.74, 6) is -1.55. The van der Waals surface area contributed by atoms with Crippen LogP contribution in [0.1, 0.15) is 38.4 Å². The van der Waals surface area contributed by atoms with Crippen molar-refractivity contribution in [3.05, 3.63) is 49.5 Å². The van der Waals surface area contributed by atoms with Gasteiger partial charge in [-0.2, -0.15) is 0 Å². The molecule has 2 aliphatic rings. The van der Waals surface area contributed by atoms with E-state index in [0.29, 0.717) is 6.42 Å². The summed E-state index contributed by atoms with van der Waals surface area (Å²) in [5, 5.41) is 22.0. The first kappa shape index (κ1) is 15.2. The van der Waals surface area contributed by atoms with Crippen LogP contribution in [0.2, 0.25) is 0 Å². The molecule has 0 spiro atoms. The molecular formula is C14H14N2O7. The Labute approximate surface area is 130 Å². The highest BCUT2D eigenvalue weighted by Crippen LogP contribution is 2.49. The summed E-state index contributed by atoms with van der Waals surface area (Å²) >= 11 is 0. The zero-order valence-electron chi connectivity index (χ0n) is 12.5. The summed E-state index contributed by atoms with van der Waals surface area (Å²) in [4.78, 5) is 33.1. The number of nitrogens with zero attached hydrogens (tertiary/aromatic N) is 2. The fraction of sp³-hybridized carbons (Fsp3) is 0.500. The molecule has 0 amide bonds. The molecule has 1 aliphatic carbocycles. The highest BCUT2D eigenvalue weighted by Gasteiger charge is 2.53. The summed E-state index contributed by atoms with van der Waals surface area (Å²) in [5.41, 5.74) is -0.142. The Morgan fingerprint density at radius 1 is 1.22 bits per heavy atom. The fourth-order valence-corrected chi connectivity index (χ4v) is 3.14. The molecule has 0 bridgehead atoms. The molecule has 2 heterocycles. The van der Waals surface area contributed by atoms with Crippen LogP contribution in [0.3, 0.4) is 0 Å². The lowest BCUT2D eigenvalue weighted by Crippen LogP contribution is -2.28. The number of nitro groups is 2. The molecule has 0 saturated heterocycles. The Hall–Kier alpha value is -2.71. The van der Waals surface area contributed by atoms with Crippen molar-refractivity contribution in [2.45, 2.75) is 38.8 Å². The highest BCUT2D eigenvalue weighted by atomic mass is 16.7. The number of carbonyl (C=O) groups excluding carboxylic acids is 1. The Bertz CT molecular complexity index is 746. The molecule has 23 heavy (non-hydrogen) atoms. The molecule has 0 fully saturated rings. The second-order valence-electron chi connectivity index (χ2n) is 6.48. The maximum absolute atomic E-state index is 12.4. The van der Waals surface area contributed by atoms with E-state index in [0.717, 1.165) is 6.07 Å². The topological polar surface area (TPSA) is 126 Å². The van der Waals surface area contributed by atoms with Gasteiger partial charge in [0, 0.05) is 12.8 Å². The monoisotopic (exact) mass is 322 g/mol. The Morgan fingerprint density at radius 2 is 1.91 bits per heavy atom. The number of allylic oxidation sites excluding steroid dienone is 1. The zero-order chi connectivity index (χ0) is 16.9. The van der Waals surface area contributed by atoms with Crippen LogP contribution in [0.15, 0.2) is 27.9 Å². The van der Waals surface area contributed by atoms with Gasteiger partial charge in [-0.05, 0) is 11.5 Å². The van der Waals surface area contributed by atoms with Crippen molar-refractivity contribution in [2.24, 2.45) is 5.41 Å². The molecule has 0 aromatic carbocycles. The first-order valence-corrected chi connectivity index (χ1v) is 7.00. The minimum Gasteiger partial charge on any atom is -0.433 e. The smallest absolute Gasteiger partial charge is 0.433 e. The average molecular weight is 322 g/mol. The van der Waals surface area contributed by atoms with Crippen molar-refractivity contribution in [3.63, 3.8) is 0 Å². The van der Waals surface area contributed by atoms with Crippen molar-refractivity contribution in [2.75, 3.05) is 0 Å². The largest absolute Gasteiger partial charge is 0.433 e. The Kier molecular flexibility index (Phi) is 3.24. The predicted octanol–water partition coefficient (Wildman–Crippen LogP) is 2.55. The normalized spacial score (nSPS) is 25.9. The van der Waals surface area contributed by atoms with Crippen molar-refractivity contribution >= 4 is 11.7 Å². The third kappa shape index (κ3) is 2.47. The van der Waals surface area contributed by atoms with Crippen LogP contribution in [0.25, 0.3) is 0 Å². The lowest BCUT2D eigenvalue weighted by atomic mass is 9.74. The van der Waals surface area contributed by atoms with Gasteiger partial charge < -0.3 is 9.15 Å². The summed E-state index contributed by atoms with van der Waals surface area (Å²) in [6.45, 7) is 3.76. The molecule has 0 N–H and O–H groups in total. The van der Waals surface area contributed by atoms with Crippen LogP contribution < -0.4 is 0 Å². The first-order valence-electron chi connectivity index (χ1n) is 7.00. The van der Waals surface area contributed by atoms with E-state index in [1.807, 2.05) is 13.8 Å². The van der Waals surface area contributed by atoms with Gasteiger partial charge in [-0.15, -0.1) is 0 Å². The molecule has 1 aromatic rings. The third-order valence-electron chi connectivity index (χ3n) is 4.05. The molecule has 9 heteroatoms. The number of hydrogen-bond acceptors (Lipinski definition) is 7. The Balaban J connectivity index is 2.07. The minimum absolute atomic E-state index is 0.00328. The number of ether oxygens (including phenoxy) is 1. The van der Waals surface area contributed by atoms with Crippen molar-refractivity contribution in [3.8, 4) is 0 Å². The molecular weight excluding hydrogens is 308 g/mol. The Morgan fingerprint density at radius 3 is 2.48 bits per heavy atom. The fourth-order valence-electron chi connectivity index (χ4n) is 3.14. The maximum atomic E-state index is 12.4. The van der Waals surface area contributed by atoms with Gasteiger partial charge >= 0.3 is 12.1 Å². The van der Waals surface area contributed by atoms with Crippen molar-refractivity contribution in [1.82, 2.24) is 0 Å². The standard InChI is InChI=1S/C14H14N2O7/c1-14(2)5-7(17)11-9(6-14)23-13(16(20)21)12(11)8-3-4-10(22-8)15(18)19/h3-4,12-13H,5-6H2,1-2H3. The summed E-state index contributed by atoms with van der Waals surface area (Å²) in [6, 6.07) is 2.40. The van der Waals surface area contributed by atoms with E-state index in [1.165, 1.54) is 6.07 Å². The van der Waals surface area contributed by atoms with Crippen molar-refractivity contribution < 1.29 is 23.8 Å². The lowest BCUT2D eigenvalue weighted by Gasteiger charge is -2.28. The van der Waals surface area contributed by atoms with E-state index in [2.05, 4.69) is 0 Å². The number of rotatable bonds is 3. The molecule has 1 aromatic heterocycles. The number of furan rings is 1. The van der Waals surface area contributed by atoms with Crippen LogP contribution in [0.4, 0.5) is 5.88 Å². The van der Waals surface area contributed by atoms with E-state index >= 15 is 0 Å². The summed E-state index contributed by atoms with van der Waals surface area (Å²) in [7, 11) is 0. The van der Waals surface area contributed by atoms with Gasteiger partial charge in [0.05, 0.1) is 16.6 Å². The molecule has 9 nitrogen and oxygen atoms in total. The number of Topliss-reactive ketones (excluding diaryl/α,β-unsaturated/α-hetero) is 1. The highest BCUT2D eigenvalue weighted by molar-refractivity contribution is 5.99. The van der Waals surface area contributed by atoms with E-state index in [4.69, 9.17) is 9.15 Å². The number of ketones is 1. The first-order chi connectivity index (χ1) is 10.7. The molecule has 2 unspecified atom stereocenters. The second kappa shape index (κ2) is 4.90. The minimum atomic E-state index is -1.51. The molecule has 1 aliphatic heterocycles. The van der Waals surface area contributed by atoms with Crippen LogP contribution in [-0.2, 0) is 9.53 Å². The van der Waals surface area contributed by atoms with E-state index in [1.54, 1.807) is 0 Å². The van der Waals surface area contributed by atoms with Gasteiger partial charge in [-0.25, -0.2) is 0 Å². The molecule has 3 rings (SSSR count). The lowest BCUT2D eigenvalue weighted by molar-refractivity contribution is -0.571. The van der Waals surface area contributed by atoms with Crippen molar-refractivity contribution in [1.29, 1.82) is 0 Å². The van der Waals surface area contributed by atoms with E-state index < -0.39 is 27.9 Å². The van der Waals surface area contributed by atoms with Gasteiger partial charge in [0.15, 0.2) is 11.7 Å². The quantitative estimate of drug-likeness (QED) is 0.618. The maximum Gasteiger partial charge on any atom is 0.433 e. The van der Waals surface area contributed by atoms with Crippen LogP contribution in [-0.4, -0.2) is 21.9 Å². The summed E-state index contributed by atoms with van der Waals surface area (Å²) in [6.07, 6.45) is -0.875. The molecule has 0 radical (unpaired) electrons. The number of carbonyl (C=O) groups is 1. The van der Waals surface area contributed by atoms with Gasteiger partial charge in [0.2, 0.25) is 0 Å². The average Bonchev–Trinajstić information content (AvgIpc) is 3.00. The zero-order valence-corrected chi connectivity index (χ0v) is 12.5. The van der Waals surface area contributed by atoms with E-state index in [-0.39, 0.29) is 34.7 Å². The molecule has 2 atom stereocenters. The van der Waals surface area contributed by atoms with Crippen LogP contribution in [0.5, 0.6) is 0 Å². The van der Waals surface area contributed by atoms with Crippen LogP contribution >= 0.6 is 0 Å². The predicted molar refractivity (Wildman–Crippen MR) is 75.0 cm³/mol. The second-order valence-corrected chi connectivity index (χ2v) is 6.48.